The largest absolute Gasteiger partial charge is 0.507 e. The number of morpholine rings is 1. The summed E-state index contributed by atoms with van der Waals surface area (Å²) in [6, 6.07) is 11.4. The zero-order valence-corrected chi connectivity index (χ0v) is 18.1. The van der Waals surface area contributed by atoms with Gasteiger partial charge in [-0.3, -0.25) is 19.5 Å². The van der Waals surface area contributed by atoms with Crippen LogP contribution in [0.4, 0.5) is 0 Å². The van der Waals surface area contributed by atoms with Crippen molar-refractivity contribution in [3.63, 3.8) is 0 Å². The van der Waals surface area contributed by atoms with Crippen LogP contribution in [0, 0.1) is 0 Å². The number of nitrogens with zero attached hydrogens (tertiary/aromatic N) is 3. The number of carbonyl (C=O) groups is 2. The molecule has 2 aliphatic heterocycles. The molecule has 1 atom stereocenters. The summed E-state index contributed by atoms with van der Waals surface area (Å²) in [4.78, 5) is 34.2. The van der Waals surface area contributed by atoms with Gasteiger partial charge in [-0.05, 0) is 30.7 Å². The summed E-state index contributed by atoms with van der Waals surface area (Å²) in [5.74, 6) is -1.00. The highest BCUT2D eigenvalue weighted by atomic mass is 16.5. The summed E-state index contributed by atoms with van der Waals surface area (Å²) in [5.41, 5.74) is 1.01. The van der Waals surface area contributed by atoms with Crippen molar-refractivity contribution in [2.45, 2.75) is 12.5 Å². The van der Waals surface area contributed by atoms with Gasteiger partial charge in [-0.2, -0.15) is 0 Å². The Balaban J connectivity index is 1.65. The topological polar surface area (TPSA) is 92.2 Å². The zero-order valence-electron chi connectivity index (χ0n) is 18.1. The fraction of sp³-hybridized carbons (Fsp3) is 0.375. The van der Waals surface area contributed by atoms with Crippen molar-refractivity contribution >= 4 is 17.4 Å². The van der Waals surface area contributed by atoms with E-state index >= 15 is 0 Å². The maximum Gasteiger partial charge on any atom is 0.295 e. The molecule has 1 aromatic heterocycles. The first-order chi connectivity index (χ1) is 15.6. The summed E-state index contributed by atoms with van der Waals surface area (Å²) in [6.45, 7) is 4.32. The van der Waals surface area contributed by atoms with Gasteiger partial charge in [0, 0.05) is 37.9 Å². The molecule has 3 heterocycles. The predicted octanol–water partition coefficient (Wildman–Crippen LogP) is 2.23. The van der Waals surface area contributed by atoms with Crippen molar-refractivity contribution in [3.05, 3.63) is 65.5 Å². The minimum atomic E-state index is -0.743. The second kappa shape index (κ2) is 9.93. The average molecular weight is 437 g/mol. The number of aliphatic hydroxyl groups is 1. The van der Waals surface area contributed by atoms with E-state index in [0.717, 1.165) is 19.6 Å². The Kier molecular flexibility index (Phi) is 6.82. The van der Waals surface area contributed by atoms with Crippen molar-refractivity contribution in [2.24, 2.45) is 0 Å². The quantitative estimate of drug-likeness (QED) is 0.403. The van der Waals surface area contributed by atoms with Crippen LogP contribution < -0.4 is 4.74 Å². The molecule has 8 nitrogen and oxygen atoms in total. The van der Waals surface area contributed by atoms with Crippen molar-refractivity contribution in [1.29, 1.82) is 0 Å². The number of ether oxygens (including phenoxy) is 2. The van der Waals surface area contributed by atoms with E-state index in [0.29, 0.717) is 43.2 Å². The van der Waals surface area contributed by atoms with E-state index in [-0.39, 0.29) is 11.3 Å². The van der Waals surface area contributed by atoms with Crippen LogP contribution in [-0.4, -0.2) is 78.1 Å². The molecule has 2 aromatic rings. The highest BCUT2D eigenvalue weighted by molar-refractivity contribution is 6.46. The molecule has 0 radical (unpaired) electrons. The lowest BCUT2D eigenvalue weighted by molar-refractivity contribution is -0.140. The van der Waals surface area contributed by atoms with Gasteiger partial charge in [-0.1, -0.05) is 18.2 Å². The Morgan fingerprint density at radius 1 is 1.16 bits per heavy atom. The molecule has 8 heteroatoms. The van der Waals surface area contributed by atoms with E-state index in [1.807, 2.05) is 6.07 Å². The molecule has 4 rings (SSSR count). The number of hydrogen-bond donors (Lipinski definition) is 1. The van der Waals surface area contributed by atoms with E-state index in [4.69, 9.17) is 9.47 Å². The van der Waals surface area contributed by atoms with Gasteiger partial charge in [0.05, 0.1) is 31.6 Å². The SMILES string of the molecule is COc1cccc(C(O)=C2C(=O)C(=O)N(CCCN3CCOCC3)[C@H]2c2ccccn2)c1. The van der Waals surface area contributed by atoms with Gasteiger partial charge in [0.15, 0.2) is 0 Å². The van der Waals surface area contributed by atoms with Crippen LogP contribution in [0.3, 0.4) is 0 Å². The molecule has 0 saturated carbocycles. The van der Waals surface area contributed by atoms with Crippen LogP contribution in [0.5, 0.6) is 5.75 Å². The first-order valence-corrected chi connectivity index (χ1v) is 10.7. The van der Waals surface area contributed by atoms with E-state index in [1.165, 1.54) is 12.0 Å². The maximum absolute atomic E-state index is 13.0. The lowest BCUT2D eigenvalue weighted by Crippen LogP contribution is -2.39. The zero-order chi connectivity index (χ0) is 22.5. The molecule has 1 aromatic carbocycles. The Morgan fingerprint density at radius 2 is 1.97 bits per heavy atom. The molecular formula is C24H27N3O5. The molecule has 1 amide bonds. The van der Waals surface area contributed by atoms with Crippen LogP contribution in [0.15, 0.2) is 54.2 Å². The molecule has 168 valence electrons. The van der Waals surface area contributed by atoms with Gasteiger partial charge in [0.25, 0.3) is 11.7 Å². The predicted molar refractivity (Wildman–Crippen MR) is 118 cm³/mol. The van der Waals surface area contributed by atoms with Crippen LogP contribution in [0.25, 0.3) is 5.76 Å². The summed E-state index contributed by atoms with van der Waals surface area (Å²) in [6.07, 6.45) is 2.32. The normalized spacial score (nSPS) is 21.2. The fourth-order valence-electron chi connectivity index (χ4n) is 4.17. The number of hydrogen-bond acceptors (Lipinski definition) is 7. The molecule has 0 spiro atoms. The monoisotopic (exact) mass is 437 g/mol. The standard InChI is InChI=1S/C24H27N3O5/c1-31-18-7-4-6-17(16-18)22(28)20-21(19-8-2-3-9-25-19)27(24(30)23(20)29)11-5-10-26-12-14-32-15-13-26/h2-4,6-9,16,21,28H,5,10-15H2,1H3/t21-/m0/s1. The molecule has 2 saturated heterocycles. The van der Waals surface area contributed by atoms with Gasteiger partial charge in [-0.25, -0.2) is 0 Å². The Labute approximate surface area is 187 Å². The number of rotatable bonds is 7. The summed E-state index contributed by atoms with van der Waals surface area (Å²) < 4.78 is 10.6. The smallest absolute Gasteiger partial charge is 0.295 e. The number of likely N-dealkylation sites (tertiary alicyclic amines) is 1. The molecule has 0 aliphatic carbocycles. The lowest BCUT2D eigenvalue weighted by Gasteiger charge is -2.28. The number of aromatic nitrogens is 1. The third-order valence-electron chi connectivity index (χ3n) is 5.83. The van der Waals surface area contributed by atoms with Crippen molar-refractivity contribution in [1.82, 2.24) is 14.8 Å². The van der Waals surface area contributed by atoms with Crippen molar-refractivity contribution < 1.29 is 24.2 Å². The van der Waals surface area contributed by atoms with Crippen LogP contribution >= 0.6 is 0 Å². The molecular weight excluding hydrogens is 410 g/mol. The number of Topliss-reactive ketones (excluding diaryl/α,β-unsaturated/α-hetero) is 1. The second-order valence-corrected chi connectivity index (χ2v) is 7.79. The number of pyridine rings is 1. The lowest BCUT2D eigenvalue weighted by atomic mass is 9.98. The van der Waals surface area contributed by atoms with Crippen LogP contribution in [-0.2, 0) is 14.3 Å². The van der Waals surface area contributed by atoms with E-state index in [1.54, 1.807) is 42.6 Å². The van der Waals surface area contributed by atoms with Crippen molar-refractivity contribution in [3.8, 4) is 5.75 Å². The van der Waals surface area contributed by atoms with Crippen molar-refractivity contribution in [2.75, 3.05) is 46.5 Å². The first kappa shape index (κ1) is 22.0. The number of carbonyl (C=O) groups excluding carboxylic acids is 2. The van der Waals surface area contributed by atoms with E-state index < -0.39 is 17.7 Å². The Morgan fingerprint density at radius 3 is 2.69 bits per heavy atom. The van der Waals surface area contributed by atoms with E-state index in [2.05, 4.69) is 9.88 Å². The van der Waals surface area contributed by atoms with E-state index in [9.17, 15) is 14.7 Å². The molecule has 2 fully saturated rings. The fourth-order valence-corrected chi connectivity index (χ4v) is 4.17. The third-order valence-corrected chi connectivity index (χ3v) is 5.83. The highest BCUT2D eigenvalue weighted by Crippen LogP contribution is 2.39. The first-order valence-electron chi connectivity index (χ1n) is 10.7. The highest BCUT2D eigenvalue weighted by Gasteiger charge is 2.46. The minimum Gasteiger partial charge on any atom is -0.507 e. The Hall–Kier alpha value is -3.23. The van der Waals surface area contributed by atoms with Gasteiger partial charge >= 0.3 is 0 Å². The number of amides is 1. The van der Waals surface area contributed by atoms with Crippen LogP contribution in [0.1, 0.15) is 23.7 Å². The number of ketones is 1. The number of methoxy groups -OCH3 is 1. The molecule has 2 aliphatic rings. The summed E-state index contributed by atoms with van der Waals surface area (Å²) in [5, 5.41) is 11.1. The van der Waals surface area contributed by atoms with Gasteiger partial charge in [0.1, 0.15) is 17.6 Å². The van der Waals surface area contributed by atoms with Gasteiger partial charge < -0.3 is 19.5 Å². The third kappa shape index (κ3) is 4.51. The molecule has 0 bridgehead atoms. The maximum atomic E-state index is 13.0. The molecule has 32 heavy (non-hydrogen) atoms. The summed E-state index contributed by atoms with van der Waals surface area (Å²) in [7, 11) is 1.53. The molecule has 0 unspecified atom stereocenters. The van der Waals surface area contributed by atoms with Crippen LogP contribution in [0.2, 0.25) is 0 Å². The van der Waals surface area contributed by atoms with Gasteiger partial charge in [0.2, 0.25) is 0 Å². The second-order valence-electron chi connectivity index (χ2n) is 7.79. The minimum absolute atomic E-state index is 0.0494. The number of aliphatic hydroxyl groups excluding tert-OH is 1. The Bertz CT molecular complexity index is 1000. The average Bonchev–Trinajstić information content (AvgIpc) is 3.10. The summed E-state index contributed by atoms with van der Waals surface area (Å²) >= 11 is 0. The molecule has 1 N–H and O–H groups in total. The van der Waals surface area contributed by atoms with Gasteiger partial charge in [-0.15, -0.1) is 0 Å². The number of benzene rings is 1.